The lowest BCUT2D eigenvalue weighted by Crippen LogP contribution is -2.28. The van der Waals surface area contributed by atoms with Gasteiger partial charge in [-0.1, -0.05) is 27.5 Å². The van der Waals surface area contributed by atoms with Gasteiger partial charge in [0.2, 0.25) is 0 Å². The number of hydrogen-bond donors (Lipinski definition) is 2. The maximum Gasteiger partial charge on any atom is 0.0729 e. The molecule has 1 aromatic carbocycles. The summed E-state index contributed by atoms with van der Waals surface area (Å²) >= 11 is 11.3. The molecule has 2 aromatic rings. The zero-order valence-corrected chi connectivity index (χ0v) is 12.4. The van der Waals surface area contributed by atoms with Crippen LogP contribution in [0.5, 0.6) is 0 Å². The number of benzene rings is 1. The third-order valence-corrected chi connectivity index (χ3v) is 4.36. The van der Waals surface area contributed by atoms with Crippen LogP contribution in [0.3, 0.4) is 0 Å². The molecule has 17 heavy (non-hydrogen) atoms. The van der Waals surface area contributed by atoms with Crippen LogP contribution in [0.1, 0.15) is 22.0 Å². The molecule has 0 saturated heterocycles. The van der Waals surface area contributed by atoms with Gasteiger partial charge in [-0.15, -0.1) is 11.3 Å². The Labute approximate surface area is 118 Å². The smallest absolute Gasteiger partial charge is 0.0729 e. The normalized spacial score (nSPS) is 12.7. The second kappa shape index (κ2) is 5.50. The van der Waals surface area contributed by atoms with Gasteiger partial charge in [-0.3, -0.25) is 5.84 Å². The number of nitrogens with one attached hydrogen (secondary N) is 1. The third kappa shape index (κ3) is 2.89. The van der Waals surface area contributed by atoms with E-state index in [0.29, 0.717) is 5.02 Å². The summed E-state index contributed by atoms with van der Waals surface area (Å²) in [6.45, 7) is 2.08. The summed E-state index contributed by atoms with van der Waals surface area (Å²) in [6, 6.07) is 7.78. The Hall–Kier alpha value is -0.390. The molecule has 0 saturated carbocycles. The molecule has 0 spiro atoms. The highest BCUT2D eigenvalue weighted by molar-refractivity contribution is 9.10. The molecule has 0 aliphatic carbocycles. The third-order valence-electron chi connectivity index (χ3n) is 2.52. The number of rotatable bonds is 3. The molecule has 0 radical (unpaired) electrons. The first-order chi connectivity index (χ1) is 8.11. The number of nitrogens with two attached hydrogens (primary N) is 1. The fourth-order valence-corrected chi connectivity index (χ4v) is 3.10. The lowest BCUT2D eigenvalue weighted by molar-refractivity contribution is 0.636. The quantitative estimate of drug-likeness (QED) is 0.658. The van der Waals surface area contributed by atoms with Gasteiger partial charge < -0.3 is 0 Å². The Balaban J connectivity index is 2.45. The first kappa shape index (κ1) is 13.1. The summed E-state index contributed by atoms with van der Waals surface area (Å²) in [5, 5.41) is 2.81. The molecule has 3 N–H and O–H groups in total. The van der Waals surface area contributed by atoms with E-state index in [2.05, 4.69) is 39.7 Å². The SMILES string of the molecule is Cc1cc(C(NN)c2cc(Cl)ccc2Br)cs1. The van der Waals surface area contributed by atoms with Gasteiger partial charge >= 0.3 is 0 Å². The van der Waals surface area contributed by atoms with Gasteiger partial charge in [0.15, 0.2) is 0 Å². The van der Waals surface area contributed by atoms with Crippen LogP contribution in [0.25, 0.3) is 0 Å². The molecule has 0 amide bonds. The highest BCUT2D eigenvalue weighted by Gasteiger charge is 2.16. The summed E-state index contributed by atoms with van der Waals surface area (Å²) < 4.78 is 0.994. The summed E-state index contributed by atoms with van der Waals surface area (Å²) in [4.78, 5) is 1.26. The second-order valence-corrected chi connectivity index (χ2v) is 6.16. The van der Waals surface area contributed by atoms with Gasteiger partial charge in [0.1, 0.15) is 0 Å². The van der Waals surface area contributed by atoms with Gasteiger partial charge in [-0.2, -0.15) is 0 Å². The zero-order valence-electron chi connectivity index (χ0n) is 9.21. The first-order valence-electron chi connectivity index (χ1n) is 5.08. The van der Waals surface area contributed by atoms with Crippen LogP contribution in [0, 0.1) is 6.92 Å². The maximum absolute atomic E-state index is 6.02. The standard InChI is InChI=1S/C12H12BrClN2S/c1-7-4-8(6-17-7)12(16-15)10-5-9(14)2-3-11(10)13/h2-6,12,16H,15H2,1H3. The molecule has 2 rings (SSSR count). The van der Waals surface area contributed by atoms with E-state index in [0.717, 1.165) is 15.6 Å². The van der Waals surface area contributed by atoms with Crippen molar-refractivity contribution in [2.45, 2.75) is 13.0 Å². The van der Waals surface area contributed by atoms with Gasteiger partial charge in [-0.05, 0) is 47.7 Å². The van der Waals surface area contributed by atoms with Crippen molar-refractivity contribution in [3.05, 3.63) is 55.1 Å². The maximum atomic E-state index is 6.02. The molecule has 0 fully saturated rings. The number of thiophene rings is 1. The minimum absolute atomic E-state index is 0.0481. The van der Waals surface area contributed by atoms with E-state index in [1.54, 1.807) is 11.3 Å². The minimum atomic E-state index is -0.0481. The Kier molecular flexibility index (Phi) is 4.22. The fraction of sp³-hybridized carbons (Fsp3) is 0.167. The van der Waals surface area contributed by atoms with Crippen molar-refractivity contribution < 1.29 is 0 Å². The first-order valence-corrected chi connectivity index (χ1v) is 7.13. The van der Waals surface area contributed by atoms with Crippen LogP contribution in [0.4, 0.5) is 0 Å². The summed E-state index contributed by atoms with van der Waals surface area (Å²) in [7, 11) is 0. The molecule has 1 unspecified atom stereocenters. The predicted octanol–water partition coefficient (Wildman–Crippen LogP) is 4.03. The van der Waals surface area contributed by atoms with Crippen molar-refractivity contribution >= 4 is 38.9 Å². The predicted molar refractivity (Wildman–Crippen MR) is 77.4 cm³/mol. The van der Waals surface area contributed by atoms with Gasteiger partial charge in [0.25, 0.3) is 0 Å². The van der Waals surface area contributed by atoms with Crippen LogP contribution >= 0.6 is 38.9 Å². The van der Waals surface area contributed by atoms with Crippen molar-refractivity contribution in [2.75, 3.05) is 0 Å². The van der Waals surface area contributed by atoms with E-state index < -0.39 is 0 Å². The average molecular weight is 332 g/mol. The molecular formula is C12H12BrClN2S. The van der Waals surface area contributed by atoms with Crippen LogP contribution in [-0.4, -0.2) is 0 Å². The molecule has 1 atom stereocenters. The average Bonchev–Trinajstić information content (AvgIpc) is 2.71. The topological polar surface area (TPSA) is 38.0 Å². The van der Waals surface area contributed by atoms with Crippen molar-refractivity contribution in [1.82, 2.24) is 5.43 Å². The largest absolute Gasteiger partial charge is 0.271 e. The Morgan fingerprint density at radius 2 is 2.18 bits per heavy atom. The van der Waals surface area contributed by atoms with Gasteiger partial charge in [0, 0.05) is 14.4 Å². The van der Waals surface area contributed by atoms with Crippen molar-refractivity contribution in [2.24, 2.45) is 5.84 Å². The van der Waals surface area contributed by atoms with E-state index >= 15 is 0 Å². The lowest BCUT2D eigenvalue weighted by Gasteiger charge is -2.17. The summed E-state index contributed by atoms with van der Waals surface area (Å²) in [5.74, 6) is 5.66. The molecule has 0 aliphatic heterocycles. The van der Waals surface area contributed by atoms with Crippen LogP contribution in [0.2, 0.25) is 5.02 Å². The molecule has 1 aromatic heterocycles. The number of aryl methyl sites for hydroxylation is 1. The van der Waals surface area contributed by atoms with Crippen molar-refractivity contribution in [1.29, 1.82) is 0 Å². The number of hydrogen-bond acceptors (Lipinski definition) is 3. The zero-order chi connectivity index (χ0) is 12.4. The lowest BCUT2D eigenvalue weighted by atomic mass is 10.0. The Morgan fingerprint density at radius 1 is 1.41 bits per heavy atom. The molecule has 5 heteroatoms. The second-order valence-electron chi connectivity index (χ2n) is 3.76. The van der Waals surface area contributed by atoms with E-state index in [1.807, 2.05) is 18.2 Å². The van der Waals surface area contributed by atoms with Gasteiger partial charge in [0.05, 0.1) is 6.04 Å². The van der Waals surface area contributed by atoms with Gasteiger partial charge in [-0.25, -0.2) is 5.43 Å². The van der Waals surface area contributed by atoms with Crippen LogP contribution < -0.4 is 11.3 Å². The number of hydrazine groups is 1. The Morgan fingerprint density at radius 3 is 2.76 bits per heavy atom. The van der Waals surface area contributed by atoms with Crippen molar-refractivity contribution in [3.63, 3.8) is 0 Å². The highest BCUT2D eigenvalue weighted by Crippen LogP contribution is 2.32. The van der Waals surface area contributed by atoms with E-state index in [1.165, 1.54) is 4.88 Å². The molecule has 0 aliphatic rings. The number of halogens is 2. The fourth-order valence-electron chi connectivity index (χ4n) is 1.72. The van der Waals surface area contributed by atoms with Crippen LogP contribution in [-0.2, 0) is 0 Å². The highest BCUT2D eigenvalue weighted by atomic mass is 79.9. The Bertz CT molecular complexity index is 527. The molecule has 90 valence electrons. The van der Waals surface area contributed by atoms with Crippen molar-refractivity contribution in [3.8, 4) is 0 Å². The molecular weight excluding hydrogens is 320 g/mol. The monoisotopic (exact) mass is 330 g/mol. The van der Waals surface area contributed by atoms with E-state index in [-0.39, 0.29) is 6.04 Å². The van der Waals surface area contributed by atoms with E-state index in [9.17, 15) is 0 Å². The molecule has 2 nitrogen and oxygen atoms in total. The molecule has 0 bridgehead atoms. The summed E-state index contributed by atoms with van der Waals surface area (Å²) in [6.07, 6.45) is 0. The summed E-state index contributed by atoms with van der Waals surface area (Å²) in [5.41, 5.74) is 5.02. The molecule has 1 heterocycles. The van der Waals surface area contributed by atoms with Crippen LogP contribution in [0.15, 0.2) is 34.1 Å². The minimum Gasteiger partial charge on any atom is -0.271 e. The van der Waals surface area contributed by atoms with E-state index in [4.69, 9.17) is 17.4 Å².